The predicted molar refractivity (Wildman–Crippen MR) is 107 cm³/mol. The minimum Gasteiger partial charge on any atom is -0.412 e. The van der Waals surface area contributed by atoms with Crippen LogP contribution in [0.2, 0.25) is 13.1 Å². The van der Waals surface area contributed by atoms with Crippen LogP contribution in [0.15, 0.2) is 24.3 Å². The zero-order chi connectivity index (χ0) is 18.4. The Kier molecular flexibility index (Phi) is 8.17. The monoisotopic (exact) mass is 350 g/mol. The van der Waals surface area contributed by atoms with Crippen molar-refractivity contribution in [2.45, 2.75) is 60.6 Å². The summed E-state index contributed by atoms with van der Waals surface area (Å²) in [6, 6.07) is 8.67. The molecule has 1 aromatic rings. The topological polar surface area (TPSA) is 18.5 Å². The van der Waals surface area contributed by atoms with Gasteiger partial charge in [-0.25, -0.2) is 0 Å². The van der Waals surface area contributed by atoms with Crippen LogP contribution in [-0.4, -0.2) is 28.6 Å². The summed E-state index contributed by atoms with van der Waals surface area (Å²) in [5, 5.41) is 1.41. The Morgan fingerprint density at radius 1 is 0.958 bits per heavy atom. The molecule has 0 aliphatic carbocycles. The summed E-state index contributed by atoms with van der Waals surface area (Å²) in [7, 11) is -0.102. The molecule has 0 saturated carbocycles. The first-order chi connectivity index (χ1) is 11.1. The fourth-order valence-electron chi connectivity index (χ4n) is 4.06. The lowest BCUT2D eigenvalue weighted by atomic mass is 9.75. The van der Waals surface area contributed by atoms with Gasteiger partial charge < -0.3 is 9.16 Å². The van der Waals surface area contributed by atoms with Crippen molar-refractivity contribution < 1.29 is 9.16 Å². The van der Waals surface area contributed by atoms with E-state index in [1.807, 2.05) is 7.11 Å². The zero-order valence-corrected chi connectivity index (χ0v) is 18.1. The highest BCUT2D eigenvalue weighted by molar-refractivity contribution is 6.84. The van der Waals surface area contributed by atoms with Crippen LogP contribution in [0.25, 0.3) is 0 Å². The van der Waals surface area contributed by atoms with Gasteiger partial charge in [0.2, 0.25) is 8.32 Å². The van der Waals surface area contributed by atoms with Crippen LogP contribution in [0, 0.1) is 24.2 Å². The first kappa shape index (κ1) is 21.4. The number of methoxy groups -OCH3 is 1. The van der Waals surface area contributed by atoms with Crippen molar-refractivity contribution in [3.63, 3.8) is 0 Å². The van der Waals surface area contributed by atoms with E-state index < -0.39 is 8.32 Å². The van der Waals surface area contributed by atoms with Gasteiger partial charge in [-0.2, -0.15) is 0 Å². The van der Waals surface area contributed by atoms with E-state index in [2.05, 4.69) is 72.0 Å². The highest BCUT2D eigenvalue weighted by Crippen LogP contribution is 2.35. The minimum absolute atomic E-state index is 0.115. The summed E-state index contributed by atoms with van der Waals surface area (Å²) in [5.74, 6) is 1.29. The summed E-state index contributed by atoms with van der Waals surface area (Å²) in [6.07, 6.45) is 2.30. The number of rotatable bonds is 10. The largest absolute Gasteiger partial charge is 0.412 e. The van der Waals surface area contributed by atoms with E-state index in [1.54, 1.807) is 0 Å². The molecule has 0 aromatic heterocycles. The normalized spacial score (nSPS) is 13.1. The third kappa shape index (κ3) is 6.34. The second-order valence-corrected chi connectivity index (χ2v) is 12.6. The summed E-state index contributed by atoms with van der Waals surface area (Å²) in [5.41, 5.74) is 1.46. The van der Waals surface area contributed by atoms with Crippen LogP contribution in [0.1, 0.15) is 46.1 Å². The molecule has 0 amide bonds. The lowest BCUT2D eigenvalue weighted by Crippen LogP contribution is -2.49. The van der Waals surface area contributed by atoms with Crippen molar-refractivity contribution in [2.75, 3.05) is 20.3 Å². The Hall–Kier alpha value is -0.643. The smallest absolute Gasteiger partial charge is 0.218 e. The van der Waals surface area contributed by atoms with Crippen LogP contribution < -0.4 is 5.19 Å². The summed E-state index contributed by atoms with van der Waals surface area (Å²) < 4.78 is 12.3. The Morgan fingerprint density at radius 3 is 1.96 bits per heavy atom. The zero-order valence-electron chi connectivity index (χ0n) is 17.1. The molecule has 0 aliphatic heterocycles. The third-order valence-corrected chi connectivity index (χ3v) is 7.39. The average molecular weight is 351 g/mol. The minimum atomic E-state index is -1.92. The quantitative estimate of drug-likeness (QED) is 0.543. The van der Waals surface area contributed by atoms with Gasteiger partial charge in [0.25, 0.3) is 0 Å². The molecule has 0 unspecified atom stereocenters. The standard InChI is InChI=1S/C21H38O2Si/c1-17(2)13-21(15-22-6,14-18(3)4)16-23-24(7,8)20-12-10-9-11-19(20)5/h9-12,17-18H,13-16H2,1-8H3. The van der Waals surface area contributed by atoms with Gasteiger partial charge in [0.05, 0.1) is 6.61 Å². The molecule has 0 fully saturated rings. The highest BCUT2D eigenvalue weighted by Gasteiger charge is 2.36. The Bertz CT molecular complexity index is 484. The fourth-order valence-corrected chi connectivity index (χ4v) is 6.41. The Balaban J connectivity index is 2.98. The van der Waals surface area contributed by atoms with E-state index in [0.717, 1.165) is 26.1 Å². The fraction of sp³-hybridized carbons (Fsp3) is 0.714. The lowest BCUT2D eigenvalue weighted by Gasteiger charge is -2.39. The third-order valence-electron chi connectivity index (χ3n) is 4.67. The van der Waals surface area contributed by atoms with Crippen molar-refractivity contribution in [1.29, 1.82) is 0 Å². The maximum atomic E-state index is 6.68. The van der Waals surface area contributed by atoms with Crippen LogP contribution in [0.4, 0.5) is 0 Å². The molecular weight excluding hydrogens is 312 g/mol. The van der Waals surface area contributed by atoms with Crippen LogP contribution in [0.3, 0.4) is 0 Å². The molecule has 2 nitrogen and oxygen atoms in total. The number of ether oxygens (including phenoxy) is 1. The van der Waals surface area contributed by atoms with Gasteiger partial charge in [-0.1, -0.05) is 52.0 Å². The van der Waals surface area contributed by atoms with E-state index in [9.17, 15) is 0 Å². The molecule has 1 aromatic carbocycles. The molecule has 0 bridgehead atoms. The van der Waals surface area contributed by atoms with Crippen molar-refractivity contribution in [1.82, 2.24) is 0 Å². The molecule has 24 heavy (non-hydrogen) atoms. The first-order valence-corrected chi connectivity index (χ1v) is 12.2. The molecule has 0 N–H and O–H groups in total. The SMILES string of the molecule is COCC(CO[Si](C)(C)c1ccccc1C)(CC(C)C)CC(C)C. The van der Waals surface area contributed by atoms with Gasteiger partial charge in [0.1, 0.15) is 0 Å². The Labute approximate surface area is 151 Å². The highest BCUT2D eigenvalue weighted by atomic mass is 28.4. The lowest BCUT2D eigenvalue weighted by molar-refractivity contribution is 0.00604. The van der Waals surface area contributed by atoms with Crippen molar-refractivity contribution in [2.24, 2.45) is 17.3 Å². The Morgan fingerprint density at radius 2 is 1.50 bits per heavy atom. The molecule has 3 heteroatoms. The molecule has 0 saturated heterocycles. The first-order valence-electron chi connectivity index (χ1n) is 9.31. The molecule has 0 aliphatic rings. The van der Waals surface area contributed by atoms with E-state index in [1.165, 1.54) is 10.8 Å². The van der Waals surface area contributed by atoms with E-state index in [0.29, 0.717) is 11.8 Å². The van der Waals surface area contributed by atoms with Gasteiger partial charge in [0.15, 0.2) is 0 Å². The van der Waals surface area contributed by atoms with Gasteiger partial charge in [0, 0.05) is 19.1 Å². The number of benzene rings is 1. The van der Waals surface area contributed by atoms with Crippen LogP contribution in [-0.2, 0) is 9.16 Å². The molecule has 0 heterocycles. The summed E-state index contributed by atoms with van der Waals surface area (Å²) in [6.45, 7) is 17.6. The second kappa shape index (κ2) is 9.16. The van der Waals surface area contributed by atoms with E-state index in [-0.39, 0.29) is 5.41 Å². The van der Waals surface area contributed by atoms with Gasteiger partial charge in [-0.05, 0) is 55.4 Å². The van der Waals surface area contributed by atoms with Crippen molar-refractivity contribution >= 4 is 13.5 Å². The maximum Gasteiger partial charge on any atom is 0.218 e. The molecule has 0 radical (unpaired) electrons. The average Bonchev–Trinajstić information content (AvgIpc) is 2.44. The van der Waals surface area contributed by atoms with Crippen LogP contribution in [0.5, 0.6) is 0 Å². The number of hydrogen-bond donors (Lipinski definition) is 0. The summed E-state index contributed by atoms with van der Waals surface area (Å²) in [4.78, 5) is 0. The van der Waals surface area contributed by atoms with Gasteiger partial charge in [-0.3, -0.25) is 0 Å². The van der Waals surface area contributed by atoms with Crippen molar-refractivity contribution in [3.8, 4) is 0 Å². The van der Waals surface area contributed by atoms with Gasteiger partial charge >= 0.3 is 0 Å². The van der Waals surface area contributed by atoms with Crippen LogP contribution >= 0.6 is 0 Å². The molecule has 1 rings (SSSR count). The van der Waals surface area contributed by atoms with E-state index >= 15 is 0 Å². The van der Waals surface area contributed by atoms with Gasteiger partial charge in [-0.15, -0.1) is 0 Å². The van der Waals surface area contributed by atoms with Crippen molar-refractivity contribution in [3.05, 3.63) is 29.8 Å². The molecule has 138 valence electrons. The summed E-state index contributed by atoms with van der Waals surface area (Å²) >= 11 is 0. The maximum absolute atomic E-state index is 6.68. The molecular formula is C21H38O2Si. The number of hydrogen-bond acceptors (Lipinski definition) is 2. The van der Waals surface area contributed by atoms with E-state index in [4.69, 9.17) is 9.16 Å². The molecule has 0 spiro atoms. The second-order valence-electron chi connectivity index (χ2n) is 8.74. The number of aryl methyl sites for hydroxylation is 1. The molecule has 0 atom stereocenters. The predicted octanol–water partition coefficient (Wildman–Crippen LogP) is 5.15.